The Labute approximate surface area is 208 Å². The zero-order chi connectivity index (χ0) is 24.6. The molecule has 3 amide bonds. The average molecular weight is 536 g/mol. The van der Waals surface area contributed by atoms with Gasteiger partial charge in [-0.25, -0.2) is 0 Å². The van der Waals surface area contributed by atoms with Gasteiger partial charge in [0.1, 0.15) is 11.6 Å². The van der Waals surface area contributed by atoms with Crippen LogP contribution < -0.4 is 10.6 Å². The van der Waals surface area contributed by atoms with Gasteiger partial charge in [0.15, 0.2) is 0 Å². The van der Waals surface area contributed by atoms with E-state index in [4.69, 9.17) is 4.74 Å². The molecule has 3 heterocycles. The van der Waals surface area contributed by atoms with Crippen LogP contribution in [0.15, 0.2) is 30.3 Å². The summed E-state index contributed by atoms with van der Waals surface area (Å²) in [7, 11) is 0. The number of nitrogens with one attached hydrogen (secondary N) is 2. The molecule has 0 saturated carbocycles. The van der Waals surface area contributed by atoms with E-state index in [1.165, 1.54) is 4.90 Å². The van der Waals surface area contributed by atoms with Crippen molar-refractivity contribution < 1.29 is 24.2 Å². The summed E-state index contributed by atoms with van der Waals surface area (Å²) in [5.41, 5.74) is -0.178. The van der Waals surface area contributed by atoms with Crippen molar-refractivity contribution in [3.05, 3.63) is 35.9 Å². The van der Waals surface area contributed by atoms with Crippen LogP contribution in [0, 0.1) is 17.8 Å². The predicted molar refractivity (Wildman–Crippen MR) is 130 cm³/mol. The van der Waals surface area contributed by atoms with Gasteiger partial charge in [0.25, 0.3) is 0 Å². The van der Waals surface area contributed by atoms with Crippen molar-refractivity contribution in [3.8, 4) is 0 Å². The molecule has 1 aromatic carbocycles. The molecule has 1 spiro atoms. The first-order valence-corrected chi connectivity index (χ1v) is 13.0. The Hall–Kier alpha value is -1.97. The van der Waals surface area contributed by atoms with Crippen molar-refractivity contribution in [2.45, 2.75) is 68.8 Å². The number of hydrogen-bond donors (Lipinski definition) is 3. The highest BCUT2D eigenvalue weighted by Gasteiger charge is 2.77. The lowest BCUT2D eigenvalue weighted by molar-refractivity contribution is -0.146. The highest BCUT2D eigenvalue weighted by molar-refractivity contribution is 9.09. The highest BCUT2D eigenvalue weighted by Crippen LogP contribution is 2.60. The highest BCUT2D eigenvalue weighted by atomic mass is 79.9. The molecule has 0 aliphatic carbocycles. The molecule has 3 unspecified atom stereocenters. The number of rotatable bonds is 9. The van der Waals surface area contributed by atoms with Gasteiger partial charge in [-0.05, 0) is 24.3 Å². The number of ether oxygens (including phenoxy) is 1. The van der Waals surface area contributed by atoms with Crippen LogP contribution in [0.4, 0.5) is 0 Å². The molecule has 3 N–H and O–H groups in total. The molecular formula is C25H34BrN3O5. The number of aliphatic hydroxyl groups is 1. The van der Waals surface area contributed by atoms with Crippen molar-refractivity contribution in [2.75, 3.05) is 13.2 Å². The first kappa shape index (κ1) is 25.1. The maximum absolute atomic E-state index is 13.9. The van der Waals surface area contributed by atoms with E-state index in [-0.39, 0.29) is 35.1 Å². The molecule has 3 saturated heterocycles. The largest absolute Gasteiger partial charge is 0.394 e. The number of likely N-dealkylation sites (tertiary alicyclic amines) is 1. The fourth-order valence-electron chi connectivity index (χ4n) is 5.89. The number of aliphatic hydroxyl groups excluding tert-OH is 1. The smallest absolute Gasteiger partial charge is 0.246 e. The lowest BCUT2D eigenvalue weighted by atomic mass is 9.70. The summed E-state index contributed by atoms with van der Waals surface area (Å²) in [6, 6.07) is 8.06. The SMILES string of the molecule is CCCNC(=O)[C@H]1[C@@H]2OC3(CC2Br)C(C(=O)NCc2ccccc2)N([C@@H](CO)C(C)C)C(=O)[C@H]13. The Kier molecular flexibility index (Phi) is 7.36. The van der Waals surface area contributed by atoms with Crippen LogP contribution in [0.3, 0.4) is 0 Å². The summed E-state index contributed by atoms with van der Waals surface area (Å²) in [6.07, 6.45) is 0.744. The van der Waals surface area contributed by atoms with Gasteiger partial charge in [0.2, 0.25) is 17.7 Å². The molecule has 186 valence electrons. The molecule has 9 heteroatoms. The second-order valence-electron chi connectivity index (χ2n) is 9.90. The van der Waals surface area contributed by atoms with E-state index in [0.29, 0.717) is 19.5 Å². The van der Waals surface area contributed by atoms with Gasteiger partial charge in [-0.15, -0.1) is 0 Å². The Balaban J connectivity index is 1.70. The predicted octanol–water partition coefficient (Wildman–Crippen LogP) is 1.59. The monoisotopic (exact) mass is 535 g/mol. The van der Waals surface area contributed by atoms with Crippen LogP contribution in [0.2, 0.25) is 0 Å². The minimum atomic E-state index is -1.12. The number of benzene rings is 1. The van der Waals surface area contributed by atoms with Gasteiger partial charge >= 0.3 is 0 Å². The third kappa shape index (κ3) is 4.05. The second-order valence-corrected chi connectivity index (χ2v) is 11.1. The first-order chi connectivity index (χ1) is 16.3. The quantitative estimate of drug-likeness (QED) is 0.416. The summed E-state index contributed by atoms with van der Waals surface area (Å²) in [5, 5.41) is 16.1. The first-order valence-electron chi connectivity index (χ1n) is 12.1. The molecule has 3 aliphatic rings. The molecule has 0 radical (unpaired) electrons. The van der Waals surface area contributed by atoms with E-state index in [2.05, 4.69) is 26.6 Å². The molecule has 7 atom stereocenters. The molecule has 34 heavy (non-hydrogen) atoms. The lowest BCUT2D eigenvalue weighted by Crippen LogP contribution is -2.59. The zero-order valence-corrected chi connectivity index (χ0v) is 21.5. The number of amides is 3. The summed E-state index contributed by atoms with van der Waals surface area (Å²) in [6.45, 7) is 6.34. The summed E-state index contributed by atoms with van der Waals surface area (Å²) < 4.78 is 6.46. The fraction of sp³-hybridized carbons (Fsp3) is 0.640. The summed E-state index contributed by atoms with van der Waals surface area (Å²) in [4.78, 5) is 42.2. The van der Waals surface area contributed by atoms with Crippen LogP contribution in [0.25, 0.3) is 0 Å². The zero-order valence-electron chi connectivity index (χ0n) is 19.9. The molecule has 1 aromatic rings. The van der Waals surface area contributed by atoms with Crippen LogP contribution in [-0.4, -0.2) is 69.5 Å². The van der Waals surface area contributed by atoms with E-state index in [1.807, 2.05) is 51.1 Å². The van der Waals surface area contributed by atoms with Gasteiger partial charge in [0.05, 0.1) is 30.6 Å². The maximum Gasteiger partial charge on any atom is 0.246 e. The second kappa shape index (κ2) is 9.95. The Morgan fingerprint density at radius 2 is 1.94 bits per heavy atom. The fourth-order valence-corrected chi connectivity index (χ4v) is 6.83. The summed E-state index contributed by atoms with van der Waals surface area (Å²) >= 11 is 3.66. The van der Waals surface area contributed by atoms with Crippen molar-refractivity contribution in [2.24, 2.45) is 17.8 Å². The molecule has 8 nitrogen and oxygen atoms in total. The van der Waals surface area contributed by atoms with Crippen LogP contribution in [0.5, 0.6) is 0 Å². The number of carbonyl (C=O) groups excluding carboxylic acids is 3. The molecule has 0 aromatic heterocycles. The number of halogens is 1. The molecule has 4 rings (SSSR count). The van der Waals surface area contributed by atoms with Crippen molar-refractivity contribution in [1.82, 2.24) is 15.5 Å². The van der Waals surface area contributed by atoms with Crippen LogP contribution >= 0.6 is 15.9 Å². The third-order valence-electron chi connectivity index (χ3n) is 7.45. The van der Waals surface area contributed by atoms with E-state index < -0.39 is 35.6 Å². The van der Waals surface area contributed by atoms with Crippen molar-refractivity contribution in [3.63, 3.8) is 0 Å². The average Bonchev–Trinajstić information content (AvgIpc) is 3.41. The van der Waals surface area contributed by atoms with Crippen LogP contribution in [0.1, 0.15) is 39.2 Å². The van der Waals surface area contributed by atoms with Gasteiger partial charge in [-0.2, -0.15) is 0 Å². The molecule has 3 fully saturated rings. The molecular weight excluding hydrogens is 502 g/mol. The minimum absolute atomic E-state index is 0.0852. The Bertz CT molecular complexity index is 928. The molecule has 3 aliphatic heterocycles. The van der Waals surface area contributed by atoms with Crippen LogP contribution in [-0.2, 0) is 25.7 Å². The van der Waals surface area contributed by atoms with Gasteiger partial charge in [-0.3, -0.25) is 14.4 Å². The van der Waals surface area contributed by atoms with Crippen molar-refractivity contribution >= 4 is 33.7 Å². The Morgan fingerprint density at radius 3 is 2.56 bits per heavy atom. The van der Waals surface area contributed by atoms with Gasteiger partial charge in [-0.1, -0.05) is 67.0 Å². The van der Waals surface area contributed by atoms with Crippen molar-refractivity contribution in [1.29, 1.82) is 0 Å². The third-order valence-corrected chi connectivity index (χ3v) is 8.30. The lowest BCUT2D eigenvalue weighted by Gasteiger charge is -2.38. The molecule has 2 bridgehead atoms. The van der Waals surface area contributed by atoms with Gasteiger partial charge < -0.3 is 25.4 Å². The van der Waals surface area contributed by atoms with E-state index >= 15 is 0 Å². The minimum Gasteiger partial charge on any atom is -0.394 e. The normalized spacial score (nSPS) is 32.7. The van der Waals surface area contributed by atoms with E-state index in [1.54, 1.807) is 0 Å². The van der Waals surface area contributed by atoms with E-state index in [0.717, 1.165) is 12.0 Å². The summed E-state index contributed by atoms with van der Waals surface area (Å²) in [5.74, 6) is -2.36. The van der Waals surface area contributed by atoms with E-state index in [9.17, 15) is 19.5 Å². The number of alkyl halides is 1. The number of carbonyl (C=O) groups is 3. The number of nitrogens with zero attached hydrogens (tertiary/aromatic N) is 1. The topological polar surface area (TPSA) is 108 Å². The Morgan fingerprint density at radius 1 is 1.24 bits per heavy atom. The van der Waals surface area contributed by atoms with Gasteiger partial charge in [0, 0.05) is 17.9 Å². The number of hydrogen-bond acceptors (Lipinski definition) is 5. The maximum atomic E-state index is 13.9. The number of fused-ring (bicyclic) bond motifs is 1. The standard InChI is InChI=1S/C25H34BrN3O5/c1-4-10-27-22(31)18-19-24(33)29(17(13-30)14(2)3)21(25(19)11-16(26)20(18)34-25)23(32)28-12-15-8-6-5-7-9-15/h5-9,14,16-21,30H,4,10-13H2,1-3H3,(H,27,31)(H,28,32)/t16?,17-,18+,19-,20+,21?,25?/m0/s1.